The number of aromatic hydroxyl groups is 4. The van der Waals surface area contributed by atoms with E-state index in [1.807, 2.05) is 48.5 Å². The Hall–Kier alpha value is -4.08. The van der Waals surface area contributed by atoms with Crippen molar-refractivity contribution >= 4 is 0 Å². The van der Waals surface area contributed by atoms with Crippen LogP contribution < -0.4 is 21.3 Å². The number of fused-ring (bicyclic) bond motifs is 4. The number of benzene rings is 4. The second kappa shape index (κ2) is 16.3. The molecule has 1 aliphatic carbocycles. The van der Waals surface area contributed by atoms with E-state index < -0.39 is 0 Å². The van der Waals surface area contributed by atoms with E-state index in [1.54, 1.807) is 0 Å². The highest BCUT2D eigenvalue weighted by atomic mass is 16.3. The van der Waals surface area contributed by atoms with Crippen LogP contribution in [0.3, 0.4) is 0 Å². The molecule has 4 atom stereocenters. The summed E-state index contributed by atoms with van der Waals surface area (Å²) in [6.45, 7) is 3.76. The van der Waals surface area contributed by atoms with Crippen molar-refractivity contribution < 1.29 is 20.4 Å². The summed E-state index contributed by atoms with van der Waals surface area (Å²) in [7, 11) is 0. The fraction of sp³-hybridized carbons (Fsp3) is 0.510. The summed E-state index contributed by atoms with van der Waals surface area (Å²) in [5, 5.41) is 56.7. The molecular weight excluding hydrogens is 709 g/mol. The molecule has 0 spiro atoms. The van der Waals surface area contributed by atoms with Gasteiger partial charge in [0.25, 0.3) is 0 Å². The van der Waals surface area contributed by atoms with Crippen molar-refractivity contribution in [2.75, 3.05) is 26.2 Å². The Morgan fingerprint density at radius 2 is 0.667 bits per heavy atom. The second-order valence-electron chi connectivity index (χ2n) is 18.4. The van der Waals surface area contributed by atoms with Gasteiger partial charge in [-0.25, -0.2) is 0 Å². The smallest absolute Gasteiger partial charge is 0.115 e. The Morgan fingerprint density at radius 1 is 0.404 bits per heavy atom. The van der Waals surface area contributed by atoms with Crippen LogP contribution in [0.5, 0.6) is 23.0 Å². The lowest BCUT2D eigenvalue weighted by atomic mass is 9.68. The van der Waals surface area contributed by atoms with Crippen molar-refractivity contribution in [3.63, 3.8) is 0 Å². The van der Waals surface area contributed by atoms with Crippen molar-refractivity contribution in [2.24, 2.45) is 10.8 Å². The quantitative estimate of drug-likeness (QED) is 0.0720. The third kappa shape index (κ3) is 8.29. The fourth-order valence-corrected chi connectivity index (χ4v) is 12.0. The van der Waals surface area contributed by atoms with Gasteiger partial charge in [0.2, 0.25) is 0 Å². The van der Waals surface area contributed by atoms with Gasteiger partial charge in [0.15, 0.2) is 0 Å². The standard InChI is InChI=1S/C49H62N4O4/c54-36-1-5-40-32(27-36)13-23-50-44(40)9-17-48(18-10-45-41-6-2-37(55)28-33(41)14-24-51-45)21-22-49(31-48,19-11-46-42-7-3-38(56)29-34(42)15-25-52-46)20-12-47-43-8-4-39(57)30-35(43)16-26-53-47/h1-8,27-30,44-47,50-57H,9-26,31H2. The SMILES string of the molecule is Oc1ccc2c(c1)CCNC2CCC1(CCC2NCCc3cc(O)ccc32)CCC(CCC2NCCc3cc(O)ccc32)(CCC2NCCc3cc(O)ccc32)C1. The van der Waals surface area contributed by atoms with Gasteiger partial charge in [-0.2, -0.15) is 0 Å². The van der Waals surface area contributed by atoms with Gasteiger partial charge >= 0.3 is 0 Å². The van der Waals surface area contributed by atoms with Gasteiger partial charge < -0.3 is 41.7 Å². The molecule has 0 amide bonds. The number of hydrogen-bond acceptors (Lipinski definition) is 8. The van der Waals surface area contributed by atoms with E-state index in [4.69, 9.17) is 0 Å². The Labute approximate surface area is 338 Å². The molecule has 0 bridgehead atoms. The third-order valence-electron chi connectivity index (χ3n) is 14.9. The second-order valence-corrected chi connectivity index (χ2v) is 18.4. The Bertz CT molecular complexity index is 1790. The first-order valence-corrected chi connectivity index (χ1v) is 21.9. The first-order valence-electron chi connectivity index (χ1n) is 21.9. The lowest BCUT2D eigenvalue weighted by Crippen LogP contribution is -2.34. The molecule has 4 aromatic carbocycles. The fourth-order valence-electron chi connectivity index (χ4n) is 12.0. The van der Waals surface area contributed by atoms with E-state index in [-0.39, 0.29) is 35.0 Å². The molecule has 4 unspecified atom stereocenters. The number of nitrogens with one attached hydrogen (secondary N) is 4. The molecule has 57 heavy (non-hydrogen) atoms. The molecule has 1 fully saturated rings. The van der Waals surface area contributed by atoms with Crippen LogP contribution >= 0.6 is 0 Å². The van der Waals surface area contributed by atoms with Crippen molar-refractivity contribution in [1.82, 2.24) is 21.3 Å². The topological polar surface area (TPSA) is 129 Å². The predicted octanol–water partition coefficient (Wildman–Crippen LogP) is 8.63. The highest BCUT2D eigenvalue weighted by molar-refractivity contribution is 5.41. The largest absolute Gasteiger partial charge is 0.508 e. The van der Waals surface area contributed by atoms with E-state index in [0.29, 0.717) is 23.0 Å². The van der Waals surface area contributed by atoms with Gasteiger partial charge in [-0.1, -0.05) is 24.3 Å². The molecule has 9 rings (SSSR count). The average Bonchev–Trinajstić information content (AvgIpc) is 3.58. The number of phenolic OH excluding ortho intramolecular Hbond substituents is 4. The summed E-state index contributed by atoms with van der Waals surface area (Å²) in [6, 6.07) is 25.1. The molecular formula is C49H62N4O4. The van der Waals surface area contributed by atoms with Crippen molar-refractivity contribution in [2.45, 2.75) is 120 Å². The normalized spacial score (nSPS) is 27.9. The summed E-state index contributed by atoms with van der Waals surface area (Å²) in [4.78, 5) is 0. The number of rotatable bonds is 12. The molecule has 8 heteroatoms. The van der Waals surface area contributed by atoms with E-state index >= 15 is 0 Å². The van der Waals surface area contributed by atoms with Crippen LogP contribution in [-0.4, -0.2) is 46.6 Å². The molecule has 8 N–H and O–H groups in total. The first-order chi connectivity index (χ1) is 27.7. The van der Waals surface area contributed by atoms with E-state index in [9.17, 15) is 20.4 Å². The summed E-state index contributed by atoms with van der Waals surface area (Å²) in [6.07, 6.45) is 16.4. The van der Waals surface area contributed by atoms with Crippen LogP contribution in [0.25, 0.3) is 0 Å². The summed E-state index contributed by atoms with van der Waals surface area (Å²) < 4.78 is 0. The number of phenols is 4. The zero-order chi connectivity index (χ0) is 39.0. The summed E-state index contributed by atoms with van der Waals surface area (Å²) in [5.41, 5.74) is 10.9. The maximum absolute atomic E-state index is 10.3. The molecule has 4 aromatic rings. The lowest BCUT2D eigenvalue weighted by molar-refractivity contribution is 0.147. The highest BCUT2D eigenvalue weighted by Crippen LogP contribution is 2.60. The predicted molar refractivity (Wildman–Crippen MR) is 226 cm³/mol. The van der Waals surface area contributed by atoms with Crippen molar-refractivity contribution in [3.05, 3.63) is 117 Å². The zero-order valence-electron chi connectivity index (χ0n) is 33.5. The maximum atomic E-state index is 10.3. The van der Waals surface area contributed by atoms with E-state index in [0.717, 1.165) is 103 Å². The highest BCUT2D eigenvalue weighted by Gasteiger charge is 2.48. The van der Waals surface area contributed by atoms with Gasteiger partial charge in [0.1, 0.15) is 23.0 Å². The van der Waals surface area contributed by atoms with Crippen molar-refractivity contribution in [1.29, 1.82) is 0 Å². The van der Waals surface area contributed by atoms with Crippen LogP contribution in [0, 0.1) is 10.8 Å². The molecule has 5 aliphatic rings. The minimum absolute atomic E-state index is 0.194. The number of hydrogen-bond donors (Lipinski definition) is 8. The molecule has 1 saturated carbocycles. The van der Waals surface area contributed by atoms with Crippen LogP contribution in [0.2, 0.25) is 0 Å². The first kappa shape index (κ1) is 38.4. The summed E-state index contributed by atoms with van der Waals surface area (Å²) >= 11 is 0. The Balaban J connectivity index is 1.01. The van der Waals surface area contributed by atoms with E-state index in [2.05, 4.69) is 45.5 Å². The van der Waals surface area contributed by atoms with Gasteiger partial charge in [-0.15, -0.1) is 0 Å². The van der Waals surface area contributed by atoms with Crippen LogP contribution in [-0.2, 0) is 25.7 Å². The van der Waals surface area contributed by atoms with Crippen LogP contribution in [0.1, 0.15) is 139 Å². The zero-order valence-corrected chi connectivity index (χ0v) is 33.5. The Kier molecular flexibility index (Phi) is 11.0. The van der Waals surface area contributed by atoms with Crippen LogP contribution in [0.4, 0.5) is 0 Å². The monoisotopic (exact) mass is 770 g/mol. The molecule has 0 radical (unpaired) electrons. The molecule has 0 aromatic heterocycles. The molecule has 302 valence electrons. The van der Waals surface area contributed by atoms with Crippen molar-refractivity contribution in [3.8, 4) is 23.0 Å². The molecule has 4 heterocycles. The maximum Gasteiger partial charge on any atom is 0.115 e. The van der Waals surface area contributed by atoms with E-state index in [1.165, 1.54) is 63.8 Å². The van der Waals surface area contributed by atoms with Crippen LogP contribution in [0.15, 0.2) is 72.8 Å². The molecule has 8 nitrogen and oxygen atoms in total. The van der Waals surface area contributed by atoms with Gasteiger partial charge in [0.05, 0.1) is 0 Å². The Morgan fingerprint density at radius 3 is 0.930 bits per heavy atom. The van der Waals surface area contributed by atoms with Gasteiger partial charge in [-0.3, -0.25) is 0 Å². The summed E-state index contributed by atoms with van der Waals surface area (Å²) in [5.74, 6) is 1.44. The lowest BCUT2D eigenvalue weighted by Gasteiger charge is -2.40. The molecule has 4 aliphatic heterocycles. The molecule has 0 saturated heterocycles. The van der Waals surface area contributed by atoms with Gasteiger partial charge in [0, 0.05) is 24.2 Å². The average molecular weight is 771 g/mol. The third-order valence-corrected chi connectivity index (χ3v) is 14.9. The minimum atomic E-state index is 0.194. The van der Waals surface area contributed by atoms with Gasteiger partial charge in [-0.05, 0) is 226 Å². The minimum Gasteiger partial charge on any atom is -0.508 e.